The Balaban J connectivity index is 1.86. The van der Waals surface area contributed by atoms with Gasteiger partial charge in [0, 0.05) is 6.54 Å². The molecule has 2 aromatic carbocycles. The highest BCUT2D eigenvalue weighted by molar-refractivity contribution is 6.04. The fourth-order valence-corrected chi connectivity index (χ4v) is 2.26. The van der Waals surface area contributed by atoms with Gasteiger partial charge in [0.25, 0.3) is 0 Å². The van der Waals surface area contributed by atoms with Crippen molar-refractivity contribution in [2.45, 2.75) is 26.8 Å². The highest BCUT2D eigenvalue weighted by Crippen LogP contribution is 2.23. The van der Waals surface area contributed by atoms with Crippen molar-refractivity contribution in [1.82, 2.24) is 5.32 Å². The molecule has 0 fully saturated rings. The van der Waals surface area contributed by atoms with E-state index in [1.54, 1.807) is 18.2 Å². The summed E-state index contributed by atoms with van der Waals surface area (Å²) in [4.78, 5) is 24.0. The maximum Gasteiger partial charge on any atom is 0.233 e. The molecule has 5 nitrogen and oxygen atoms in total. The lowest BCUT2D eigenvalue weighted by Crippen LogP contribution is -2.28. The Hall–Kier alpha value is -2.82. The average molecular weight is 326 g/mol. The molecule has 0 aliphatic carbocycles. The molecule has 0 radical (unpaired) electrons. The second-order valence-electron chi connectivity index (χ2n) is 5.36. The van der Waals surface area contributed by atoms with Gasteiger partial charge in [0.1, 0.15) is 12.2 Å². The highest BCUT2D eigenvalue weighted by Gasteiger charge is 2.12. The molecule has 2 aromatic rings. The van der Waals surface area contributed by atoms with Gasteiger partial charge in [0.2, 0.25) is 11.8 Å². The van der Waals surface area contributed by atoms with E-state index in [0.717, 1.165) is 11.1 Å². The number of hydrogen-bond donors (Lipinski definition) is 2. The van der Waals surface area contributed by atoms with Crippen molar-refractivity contribution in [2.24, 2.45) is 0 Å². The zero-order valence-corrected chi connectivity index (χ0v) is 14.0. The summed E-state index contributed by atoms with van der Waals surface area (Å²) in [6.07, 6.45) is -0.230. The smallest absolute Gasteiger partial charge is 0.233 e. The van der Waals surface area contributed by atoms with Crippen LogP contribution in [0.4, 0.5) is 5.69 Å². The fourth-order valence-electron chi connectivity index (χ4n) is 2.26. The molecule has 0 aliphatic rings. The van der Waals surface area contributed by atoms with E-state index in [1.807, 2.05) is 44.2 Å². The fraction of sp³-hybridized carbons (Fsp3) is 0.263. The SMILES string of the molecule is CCOc1ccccc1NC(=O)CC(=O)NCc1ccccc1C. The zero-order chi connectivity index (χ0) is 17.4. The van der Waals surface area contributed by atoms with Crippen LogP contribution in [0.1, 0.15) is 24.5 Å². The van der Waals surface area contributed by atoms with Crippen molar-refractivity contribution in [3.8, 4) is 5.75 Å². The summed E-state index contributed by atoms with van der Waals surface area (Å²) >= 11 is 0. The first-order valence-electron chi connectivity index (χ1n) is 7.93. The molecule has 0 unspecified atom stereocenters. The molecule has 126 valence electrons. The summed E-state index contributed by atoms with van der Waals surface area (Å²) < 4.78 is 5.45. The Morgan fingerprint density at radius 3 is 2.46 bits per heavy atom. The van der Waals surface area contributed by atoms with Gasteiger partial charge in [-0.2, -0.15) is 0 Å². The second-order valence-corrected chi connectivity index (χ2v) is 5.36. The van der Waals surface area contributed by atoms with Gasteiger partial charge >= 0.3 is 0 Å². The van der Waals surface area contributed by atoms with E-state index in [0.29, 0.717) is 24.6 Å². The topological polar surface area (TPSA) is 67.4 Å². The van der Waals surface area contributed by atoms with Crippen LogP contribution in [0.25, 0.3) is 0 Å². The predicted octanol–water partition coefficient (Wildman–Crippen LogP) is 3.04. The third kappa shape index (κ3) is 5.12. The predicted molar refractivity (Wildman–Crippen MR) is 93.9 cm³/mol. The summed E-state index contributed by atoms with van der Waals surface area (Å²) in [6.45, 7) is 4.77. The minimum atomic E-state index is -0.371. The highest BCUT2D eigenvalue weighted by atomic mass is 16.5. The second kappa shape index (κ2) is 8.72. The van der Waals surface area contributed by atoms with Crippen LogP contribution >= 0.6 is 0 Å². The van der Waals surface area contributed by atoms with Crippen LogP contribution in [0.5, 0.6) is 5.75 Å². The van der Waals surface area contributed by atoms with Crippen molar-refractivity contribution < 1.29 is 14.3 Å². The molecule has 0 aromatic heterocycles. The minimum absolute atomic E-state index is 0.230. The number of rotatable bonds is 7. The van der Waals surface area contributed by atoms with Gasteiger partial charge in [-0.3, -0.25) is 9.59 Å². The maximum atomic E-state index is 12.0. The lowest BCUT2D eigenvalue weighted by molar-refractivity contribution is -0.126. The van der Waals surface area contributed by atoms with Crippen LogP contribution in [0.2, 0.25) is 0 Å². The van der Waals surface area contributed by atoms with Crippen molar-refractivity contribution in [2.75, 3.05) is 11.9 Å². The van der Waals surface area contributed by atoms with Crippen molar-refractivity contribution in [3.63, 3.8) is 0 Å². The molecular formula is C19H22N2O3. The number of aryl methyl sites for hydroxylation is 1. The summed E-state index contributed by atoms with van der Waals surface area (Å²) in [6, 6.07) is 15.0. The van der Waals surface area contributed by atoms with E-state index in [2.05, 4.69) is 10.6 Å². The van der Waals surface area contributed by atoms with Gasteiger partial charge in [-0.25, -0.2) is 0 Å². The first-order chi connectivity index (χ1) is 11.6. The molecule has 24 heavy (non-hydrogen) atoms. The van der Waals surface area contributed by atoms with Gasteiger partial charge in [-0.1, -0.05) is 36.4 Å². The van der Waals surface area contributed by atoms with Gasteiger partial charge in [0.15, 0.2) is 0 Å². The van der Waals surface area contributed by atoms with E-state index >= 15 is 0 Å². The molecule has 0 bridgehead atoms. The van der Waals surface area contributed by atoms with Gasteiger partial charge < -0.3 is 15.4 Å². The number of carbonyl (C=O) groups excluding carboxylic acids is 2. The largest absolute Gasteiger partial charge is 0.492 e. The quantitative estimate of drug-likeness (QED) is 0.769. The molecule has 0 saturated carbocycles. The Morgan fingerprint density at radius 1 is 1.00 bits per heavy atom. The number of carbonyl (C=O) groups is 2. The lowest BCUT2D eigenvalue weighted by Gasteiger charge is -2.11. The van der Waals surface area contributed by atoms with Crippen LogP contribution in [0.3, 0.4) is 0 Å². The molecule has 2 N–H and O–H groups in total. The number of amides is 2. The number of nitrogens with one attached hydrogen (secondary N) is 2. The first kappa shape index (κ1) is 17.5. The molecule has 0 aliphatic heterocycles. The third-order valence-electron chi connectivity index (χ3n) is 3.52. The van der Waals surface area contributed by atoms with Crippen LogP contribution in [-0.4, -0.2) is 18.4 Å². The molecule has 2 rings (SSSR count). The van der Waals surface area contributed by atoms with Gasteiger partial charge in [-0.05, 0) is 37.1 Å². The lowest BCUT2D eigenvalue weighted by atomic mass is 10.1. The minimum Gasteiger partial charge on any atom is -0.492 e. The van der Waals surface area contributed by atoms with Gasteiger partial charge in [-0.15, -0.1) is 0 Å². The molecular weight excluding hydrogens is 304 g/mol. The normalized spacial score (nSPS) is 10.1. The van der Waals surface area contributed by atoms with Crippen LogP contribution in [0.15, 0.2) is 48.5 Å². The molecule has 0 heterocycles. The summed E-state index contributed by atoms with van der Waals surface area (Å²) in [7, 11) is 0. The zero-order valence-electron chi connectivity index (χ0n) is 14.0. The van der Waals surface area contributed by atoms with E-state index in [9.17, 15) is 9.59 Å². The average Bonchev–Trinajstić information content (AvgIpc) is 2.56. The van der Waals surface area contributed by atoms with Crippen LogP contribution in [-0.2, 0) is 16.1 Å². The standard InChI is InChI=1S/C19H22N2O3/c1-3-24-17-11-7-6-10-16(17)21-19(23)12-18(22)20-13-15-9-5-4-8-14(15)2/h4-11H,3,12-13H2,1-2H3,(H,20,22)(H,21,23). The molecule has 0 spiro atoms. The van der Waals surface area contributed by atoms with Crippen LogP contribution < -0.4 is 15.4 Å². The summed E-state index contributed by atoms with van der Waals surface area (Å²) in [5, 5.41) is 5.48. The van der Waals surface area contributed by atoms with Crippen molar-refractivity contribution in [3.05, 3.63) is 59.7 Å². The monoisotopic (exact) mass is 326 g/mol. The number of anilines is 1. The van der Waals surface area contributed by atoms with E-state index in [4.69, 9.17) is 4.74 Å². The van der Waals surface area contributed by atoms with E-state index < -0.39 is 0 Å². The molecule has 0 atom stereocenters. The number of ether oxygens (including phenoxy) is 1. The van der Waals surface area contributed by atoms with Crippen molar-refractivity contribution in [1.29, 1.82) is 0 Å². The Morgan fingerprint density at radius 2 is 1.71 bits per heavy atom. The number of benzene rings is 2. The Bertz CT molecular complexity index is 713. The Kier molecular flexibility index (Phi) is 6.37. The first-order valence-corrected chi connectivity index (χ1v) is 7.93. The van der Waals surface area contributed by atoms with E-state index in [1.165, 1.54) is 0 Å². The maximum absolute atomic E-state index is 12.0. The van der Waals surface area contributed by atoms with Crippen LogP contribution in [0, 0.1) is 6.92 Å². The summed E-state index contributed by atoms with van der Waals surface area (Å²) in [5.74, 6) is -0.0947. The van der Waals surface area contributed by atoms with E-state index in [-0.39, 0.29) is 18.2 Å². The number of hydrogen-bond acceptors (Lipinski definition) is 3. The molecule has 0 saturated heterocycles. The molecule has 5 heteroatoms. The van der Waals surface area contributed by atoms with Gasteiger partial charge in [0.05, 0.1) is 12.3 Å². The molecule has 2 amide bonds. The number of para-hydroxylation sites is 2. The summed E-state index contributed by atoms with van der Waals surface area (Å²) in [5.41, 5.74) is 2.71. The van der Waals surface area contributed by atoms with Crippen molar-refractivity contribution >= 4 is 17.5 Å². The Labute approximate surface area is 142 Å². The third-order valence-corrected chi connectivity index (χ3v) is 3.52.